The van der Waals surface area contributed by atoms with Crippen molar-refractivity contribution in [1.82, 2.24) is 0 Å². The zero-order valence-electron chi connectivity index (χ0n) is 12.0. The van der Waals surface area contributed by atoms with Crippen LogP contribution < -0.4 is 10.2 Å². The maximum absolute atomic E-state index is 14.6. The third-order valence-electron chi connectivity index (χ3n) is 3.86. The van der Waals surface area contributed by atoms with E-state index in [0.717, 1.165) is 0 Å². The Bertz CT molecular complexity index is 533. The van der Waals surface area contributed by atoms with Crippen molar-refractivity contribution in [3.63, 3.8) is 0 Å². The Morgan fingerprint density at radius 3 is 2.05 bits per heavy atom. The van der Waals surface area contributed by atoms with Crippen LogP contribution in [0.25, 0.3) is 0 Å². The first-order valence-corrected chi connectivity index (χ1v) is 7.76. The fourth-order valence-electron chi connectivity index (χ4n) is 1.95. The molecule has 7 heteroatoms. The minimum Gasteiger partial charge on any atom is -0.493 e. The highest BCUT2D eigenvalue weighted by atomic mass is 79.9. The van der Waals surface area contributed by atoms with Crippen LogP contribution in [0.2, 0.25) is 0 Å². The summed E-state index contributed by atoms with van der Waals surface area (Å²) >= 11 is 6.63. The lowest BCUT2D eigenvalue weighted by Gasteiger charge is -2.32. The Morgan fingerprint density at radius 2 is 1.60 bits per heavy atom. The van der Waals surface area contributed by atoms with Gasteiger partial charge in [-0.05, 0) is 49.7 Å². The van der Waals surface area contributed by atoms with Crippen LogP contribution in [-0.2, 0) is 9.31 Å². The molecule has 0 spiro atoms. The van der Waals surface area contributed by atoms with Gasteiger partial charge in [-0.15, -0.1) is 0 Å². The molecule has 0 radical (unpaired) electrons. The smallest absolute Gasteiger partial charge is 0.493 e. The van der Waals surface area contributed by atoms with Crippen LogP contribution in [0.15, 0.2) is 15.0 Å². The van der Waals surface area contributed by atoms with Gasteiger partial charge in [0.05, 0.1) is 22.8 Å². The zero-order chi connectivity index (χ0) is 15.3. The van der Waals surface area contributed by atoms with Gasteiger partial charge in [-0.3, -0.25) is 0 Å². The fourth-order valence-corrected chi connectivity index (χ4v) is 3.41. The third kappa shape index (κ3) is 2.53. The van der Waals surface area contributed by atoms with E-state index in [9.17, 15) is 4.39 Å². The fraction of sp³-hybridized carbons (Fsp3) is 0.538. The maximum Gasteiger partial charge on any atom is 0.499 e. The standard InChI is InChI=1S/C13H16BBr2FO3/c1-12(2)13(3,4)20-14(19-12)9-7(15)6-8(16)11(18-5)10(9)17/h6H,1-5H3. The van der Waals surface area contributed by atoms with E-state index in [0.29, 0.717) is 14.4 Å². The van der Waals surface area contributed by atoms with E-state index in [1.54, 1.807) is 6.07 Å². The lowest BCUT2D eigenvalue weighted by atomic mass is 9.78. The van der Waals surface area contributed by atoms with Crippen LogP contribution in [0.3, 0.4) is 0 Å². The average molecular weight is 410 g/mol. The van der Waals surface area contributed by atoms with Crippen molar-refractivity contribution in [3.8, 4) is 5.75 Å². The molecule has 3 nitrogen and oxygen atoms in total. The minimum atomic E-state index is -0.781. The van der Waals surface area contributed by atoms with Crippen LogP contribution in [0.4, 0.5) is 4.39 Å². The molecular formula is C13H16BBr2FO3. The summed E-state index contributed by atoms with van der Waals surface area (Å²) in [6, 6.07) is 1.72. The van der Waals surface area contributed by atoms with Crippen molar-refractivity contribution in [2.24, 2.45) is 0 Å². The molecule has 0 aromatic heterocycles. The quantitative estimate of drug-likeness (QED) is 0.698. The van der Waals surface area contributed by atoms with Crippen molar-refractivity contribution in [2.75, 3.05) is 7.11 Å². The highest BCUT2D eigenvalue weighted by molar-refractivity contribution is 9.11. The molecule has 0 saturated carbocycles. The van der Waals surface area contributed by atoms with E-state index in [2.05, 4.69) is 31.9 Å². The molecular weight excluding hydrogens is 394 g/mol. The molecule has 110 valence electrons. The summed E-state index contributed by atoms with van der Waals surface area (Å²) in [6.07, 6.45) is 0. The molecule has 1 saturated heterocycles. The lowest BCUT2D eigenvalue weighted by Crippen LogP contribution is -2.41. The van der Waals surface area contributed by atoms with Crippen molar-refractivity contribution < 1.29 is 18.4 Å². The van der Waals surface area contributed by atoms with Gasteiger partial charge in [0.2, 0.25) is 0 Å². The SMILES string of the molecule is COc1c(Br)cc(Br)c(B2OC(C)(C)C(C)(C)O2)c1F. The second-order valence-corrected chi connectivity index (χ2v) is 7.40. The molecule has 0 bridgehead atoms. The molecule has 1 aromatic carbocycles. The van der Waals surface area contributed by atoms with Gasteiger partial charge in [-0.25, -0.2) is 4.39 Å². The largest absolute Gasteiger partial charge is 0.499 e. The third-order valence-corrected chi connectivity index (χ3v) is 5.10. The van der Waals surface area contributed by atoms with E-state index < -0.39 is 24.1 Å². The molecule has 0 aliphatic carbocycles. The number of methoxy groups -OCH3 is 1. The van der Waals surface area contributed by atoms with Gasteiger partial charge < -0.3 is 14.0 Å². The number of rotatable bonds is 2. The first-order valence-electron chi connectivity index (χ1n) is 6.17. The monoisotopic (exact) mass is 408 g/mol. The van der Waals surface area contributed by atoms with E-state index >= 15 is 0 Å². The summed E-state index contributed by atoms with van der Waals surface area (Å²) in [4.78, 5) is 0. The molecule has 0 atom stereocenters. The second kappa shape index (κ2) is 5.27. The summed E-state index contributed by atoms with van der Waals surface area (Å²) in [5, 5.41) is 0. The first-order chi connectivity index (χ1) is 9.10. The molecule has 0 unspecified atom stereocenters. The Morgan fingerprint density at radius 1 is 1.10 bits per heavy atom. The van der Waals surface area contributed by atoms with Crippen molar-refractivity contribution in [3.05, 3.63) is 20.8 Å². The van der Waals surface area contributed by atoms with Gasteiger partial charge in [0.1, 0.15) is 0 Å². The van der Waals surface area contributed by atoms with Crippen molar-refractivity contribution >= 4 is 44.4 Å². The molecule has 2 rings (SSSR count). The van der Waals surface area contributed by atoms with E-state index in [1.165, 1.54) is 7.11 Å². The van der Waals surface area contributed by atoms with Gasteiger partial charge in [0.15, 0.2) is 11.6 Å². The second-order valence-electron chi connectivity index (χ2n) is 5.69. The van der Waals surface area contributed by atoms with E-state index in [-0.39, 0.29) is 5.75 Å². The van der Waals surface area contributed by atoms with Crippen LogP contribution in [0.1, 0.15) is 27.7 Å². The van der Waals surface area contributed by atoms with Gasteiger partial charge in [0, 0.05) is 9.94 Å². The number of benzene rings is 1. The normalized spacial score (nSPS) is 20.3. The van der Waals surface area contributed by atoms with Crippen LogP contribution in [0.5, 0.6) is 5.75 Å². The number of halogens is 3. The molecule has 0 amide bonds. The summed E-state index contributed by atoms with van der Waals surface area (Å²) in [5.74, 6) is -0.356. The number of hydrogen-bond donors (Lipinski definition) is 0. The Kier molecular flexibility index (Phi) is 4.28. The van der Waals surface area contributed by atoms with Crippen molar-refractivity contribution in [2.45, 2.75) is 38.9 Å². The van der Waals surface area contributed by atoms with E-state index in [4.69, 9.17) is 14.0 Å². The maximum atomic E-state index is 14.6. The van der Waals surface area contributed by atoms with Gasteiger partial charge >= 0.3 is 7.12 Å². The summed E-state index contributed by atoms with van der Waals surface area (Å²) < 4.78 is 32.6. The topological polar surface area (TPSA) is 27.7 Å². The predicted molar refractivity (Wildman–Crippen MR) is 84.1 cm³/mol. The van der Waals surface area contributed by atoms with Crippen molar-refractivity contribution in [1.29, 1.82) is 0 Å². The average Bonchev–Trinajstić information content (AvgIpc) is 2.47. The molecule has 1 fully saturated rings. The highest BCUT2D eigenvalue weighted by Crippen LogP contribution is 2.39. The summed E-state index contributed by atoms with van der Waals surface area (Å²) in [7, 11) is 0.641. The summed E-state index contributed by atoms with van der Waals surface area (Å²) in [5.41, 5.74) is -0.739. The molecule has 1 aliphatic rings. The van der Waals surface area contributed by atoms with Gasteiger partial charge in [-0.1, -0.05) is 15.9 Å². The lowest BCUT2D eigenvalue weighted by molar-refractivity contribution is 0.00578. The predicted octanol–water partition coefficient (Wildman–Crippen LogP) is 3.66. The summed E-state index contributed by atoms with van der Waals surface area (Å²) in [6.45, 7) is 7.70. The molecule has 1 aromatic rings. The zero-order valence-corrected chi connectivity index (χ0v) is 15.2. The Labute approximate surface area is 135 Å². The van der Waals surface area contributed by atoms with Crippen LogP contribution in [-0.4, -0.2) is 25.4 Å². The molecule has 1 heterocycles. The highest BCUT2D eigenvalue weighted by Gasteiger charge is 2.53. The minimum absolute atomic E-state index is 0.137. The van der Waals surface area contributed by atoms with Gasteiger partial charge in [0.25, 0.3) is 0 Å². The van der Waals surface area contributed by atoms with Gasteiger partial charge in [-0.2, -0.15) is 0 Å². The molecule has 1 aliphatic heterocycles. The molecule has 0 N–H and O–H groups in total. The number of ether oxygens (including phenoxy) is 1. The van der Waals surface area contributed by atoms with Crippen LogP contribution >= 0.6 is 31.9 Å². The molecule has 20 heavy (non-hydrogen) atoms. The Balaban J connectivity index is 2.50. The van der Waals surface area contributed by atoms with Crippen LogP contribution in [0, 0.1) is 5.82 Å². The van der Waals surface area contributed by atoms with E-state index in [1.807, 2.05) is 27.7 Å². The first kappa shape index (κ1) is 16.3. The Hall–Kier alpha value is -0.105. The number of hydrogen-bond acceptors (Lipinski definition) is 3.